The zero-order valence-electron chi connectivity index (χ0n) is 12.3. The number of benzene rings is 1. The summed E-state index contributed by atoms with van der Waals surface area (Å²) in [4.78, 5) is 28.0. The minimum absolute atomic E-state index is 0.0242. The summed E-state index contributed by atoms with van der Waals surface area (Å²) in [5.41, 5.74) is 1.84. The number of carbonyl (C=O) groups excluding carboxylic acids is 2. The van der Waals surface area contributed by atoms with Crippen molar-refractivity contribution in [1.29, 1.82) is 0 Å². The first-order chi connectivity index (χ1) is 9.61. The number of aryl methyl sites for hydroxylation is 1. The summed E-state index contributed by atoms with van der Waals surface area (Å²) in [6.45, 7) is 6.63. The zero-order valence-corrected chi connectivity index (χ0v) is 12.3. The van der Waals surface area contributed by atoms with Crippen molar-refractivity contribution in [3.8, 4) is 0 Å². The van der Waals surface area contributed by atoms with Crippen LogP contribution in [0.15, 0.2) is 24.3 Å². The molecule has 2 rings (SSSR count). The first-order valence-corrected chi connectivity index (χ1v) is 7.25. The first-order valence-electron chi connectivity index (χ1n) is 7.25. The Bertz CT molecular complexity index is 482. The number of amides is 2. The molecule has 0 unspecified atom stereocenters. The molecular formula is C16H22N2O2. The van der Waals surface area contributed by atoms with Gasteiger partial charge in [0.25, 0.3) is 5.91 Å². The Morgan fingerprint density at radius 3 is 2.50 bits per heavy atom. The van der Waals surface area contributed by atoms with Crippen LogP contribution in [0.25, 0.3) is 0 Å². The predicted octanol–water partition coefficient (Wildman–Crippen LogP) is 2.08. The van der Waals surface area contributed by atoms with Crippen LogP contribution in [-0.2, 0) is 4.79 Å². The number of hydrogen-bond acceptors (Lipinski definition) is 2. The van der Waals surface area contributed by atoms with Crippen LogP contribution in [0, 0.1) is 6.92 Å². The van der Waals surface area contributed by atoms with E-state index in [0.717, 1.165) is 18.5 Å². The molecule has 0 N–H and O–H groups in total. The molecule has 1 aromatic rings. The Labute approximate surface area is 120 Å². The molecule has 0 aromatic heterocycles. The van der Waals surface area contributed by atoms with Crippen molar-refractivity contribution in [2.45, 2.75) is 26.7 Å². The quantitative estimate of drug-likeness (QED) is 0.846. The van der Waals surface area contributed by atoms with Crippen molar-refractivity contribution >= 4 is 11.8 Å². The van der Waals surface area contributed by atoms with E-state index in [4.69, 9.17) is 0 Å². The smallest absolute Gasteiger partial charge is 0.253 e. The molecule has 4 heteroatoms. The molecule has 0 atom stereocenters. The average Bonchev–Trinajstić information content (AvgIpc) is 2.63. The largest absolute Gasteiger partial charge is 0.341 e. The molecule has 1 saturated heterocycles. The molecule has 108 valence electrons. The lowest BCUT2D eigenvalue weighted by atomic mass is 10.1. The third-order valence-electron chi connectivity index (χ3n) is 3.67. The van der Waals surface area contributed by atoms with Gasteiger partial charge in [-0.3, -0.25) is 9.59 Å². The highest BCUT2D eigenvalue weighted by Crippen LogP contribution is 2.11. The van der Waals surface area contributed by atoms with Crippen LogP contribution < -0.4 is 0 Å². The van der Waals surface area contributed by atoms with Gasteiger partial charge in [0.15, 0.2) is 0 Å². The highest BCUT2D eigenvalue weighted by molar-refractivity contribution is 5.94. The van der Waals surface area contributed by atoms with Crippen LogP contribution in [-0.4, -0.2) is 47.8 Å². The maximum Gasteiger partial charge on any atom is 0.253 e. The first kappa shape index (κ1) is 14.6. The van der Waals surface area contributed by atoms with Crippen molar-refractivity contribution in [3.05, 3.63) is 35.4 Å². The van der Waals surface area contributed by atoms with Crippen LogP contribution in [0.4, 0.5) is 0 Å². The second kappa shape index (κ2) is 6.55. The van der Waals surface area contributed by atoms with Crippen molar-refractivity contribution < 1.29 is 9.59 Å². The van der Waals surface area contributed by atoms with Crippen molar-refractivity contribution in [3.63, 3.8) is 0 Å². The van der Waals surface area contributed by atoms with Gasteiger partial charge in [-0.15, -0.1) is 0 Å². The van der Waals surface area contributed by atoms with Gasteiger partial charge in [0.2, 0.25) is 5.91 Å². The molecule has 1 heterocycles. The predicted molar refractivity (Wildman–Crippen MR) is 78.6 cm³/mol. The second-order valence-electron chi connectivity index (χ2n) is 5.29. The van der Waals surface area contributed by atoms with Gasteiger partial charge in [-0.25, -0.2) is 0 Å². The zero-order chi connectivity index (χ0) is 14.5. The third-order valence-corrected chi connectivity index (χ3v) is 3.67. The summed E-state index contributed by atoms with van der Waals surface area (Å²) in [5, 5.41) is 0. The molecule has 0 bridgehead atoms. The third kappa shape index (κ3) is 3.38. The van der Waals surface area contributed by atoms with E-state index in [1.54, 1.807) is 4.90 Å². The van der Waals surface area contributed by atoms with E-state index in [1.807, 2.05) is 36.1 Å². The maximum atomic E-state index is 12.4. The van der Waals surface area contributed by atoms with Crippen molar-refractivity contribution in [2.24, 2.45) is 0 Å². The summed E-state index contributed by atoms with van der Waals surface area (Å²) in [6.07, 6.45) is 1.38. The summed E-state index contributed by atoms with van der Waals surface area (Å²) in [5.74, 6) is 0.183. The Morgan fingerprint density at radius 2 is 1.85 bits per heavy atom. The van der Waals surface area contributed by atoms with Gasteiger partial charge in [-0.05, 0) is 25.5 Å². The highest BCUT2D eigenvalue weighted by Gasteiger charge is 2.23. The molecule has 20 heavy (non-hydrogen) atoms. The SMILES string of the molecule is CCCN1CCN(C(=O)c2ccc(C)cc2)CCC1=O. The van der Waals surface area contributed by atoms with E-state index in [1.165, 1.54) is 0 Å². The van der Waals surface area contributed by atoms with Crippen LogP contribution in [0.2, 0.25) is 0 Å². The molecular weight excluding hydrogens is 252 g/mol. The van der Waals surface area contributed by atoms with Crippen LogP contribution in [0.1, 0.15) is 35.7 Å². The standard InChI is InChI=1S/C16H22N2O2/c1-3-9-17-11-12-18(10-8-15(17)19)16(20)14-6-4-13(2)5-7-14/h4-7H,3,8-12H2,1-2H3. The fourth-order valence-electron chi connectivity index (χ4n) is 2.45. The van der Waals surface area contributed by atoms with Crippen LogP contribution in [0.5, 0.6) is 0 Å². The van der Waals surface area contributed by atoms with Gasteiger partial charge in [0.05, 0.1) is 0 Å². The van der Waals surface area contributed by atoms with Gasteiger partial charge in [-0.1, -0.05) is 24.6 Å². The fraction of sp³-hybridized carbons (Fsp3) is 0.500. The summed E-state index contributed by atoms with van der Waals surface area (Å²) < 4.78 is 0. The monoisotopic (exact) mass is 274 g/mol. The topological polar surface area (TPSA) is 40.6 Å². The molecule has 1 fully saturated rings. The lowest BCUT2D eigenvalue weighted by Crippen LogP contribution is -2.36. The average molecular weight is 274 g/mol. The number of carbonyl (C=O) groups is 2. The molecule has 1 aliphatic rings. The molecule has 1 aromatic carbocycles. The molecule has 4 nitrogen and oxygen atoms in total. The van der Waals surface area contributed by atoms with E-state index in [9.17, 15) is 9.59 Å². The molecule has 1 aliphatic heterocycles. The van der Waals surface area contributed by atoms with Gasteiger partial charge in [-0.2, -0.15) is 0 Å². The van der Waals surface area contributed by atoms with E-state index >= 15 is 0 Å². The molecule has 0 spiro atoms. The van der Waals surface area contributed by atoms with E-state index in [2.05, 4.69) is 6.92 Å². The lowest BCUT2D eigenvalue weighted by Gasteiger charge is -2.22. The maximum absolute atomic E-state index is 12.4. The van der Waals surface area contributed by atoms with Crippen LogP contribution >= 0.6 is 0 Å². The Balaban J connectivity index is 2.04. The van der Waals surface area contributed by atoms with Crippen molar-refractivity contribution in [2.75, 3.05) is 26.2 Å². The van der Waals surface area contributed by atoms with Gasteiger partial charge in [0, 0.05) is 38.2 Å². The van der Waals surface area contributed by atoms with E-state index in [0.29, 0.717) is 31.6 Å². The molecule has 0 saturated carbocycles. The Hall–Kier alpha value is -1.84. The molecule has 2 amide bonds. The number of nitrogens with zero attached hydrogens (tertiary/aromatic N) is 2. The molecule has 0 aliphatic carbocycles. The second-order valence-corrected chi connectivity index (χ2v) is 5.29. The summed E-state index contributed by atoms with van der Waals surface area (Å²) >= 11 is 0. The highest BCUT2D eigenvalue weighted by atomic mass is 16.2. The summed E-state index contributed by atoms with van der Waals surface area (Å²) in [6, 6.07) is 7.60. The molecule has 0 radical (unpaired) electrons. The normalized spacial score (nSPS) is 16.2. The minimum atomic E-state index is 0.0242. The van der Waals surface area contributed by atoms with E-state index in [-0.39, 0.29) is 11.8 Å². The van der Waals surface area contributed by atoms with Gasteiger partial charge >= 0.3 is 0 Å². The van der Waals surface area contributed by atoms with E-state index < -0.39 is 0 Å². The Morgan fingerprint density at radius 1 is 1.15 bits per heavy atom. The van der Waals surface area contributed by atoms with Gasteiger partial charge < -0.3 is 9.80 Å². The van der Waals surface area contributed by atoms with Gasteiger partial charge in [0.1, 0.15) is 0 Å². The van der Waals surface area contributed by atoms with Crippen molar-refractivity contribution in [1.82, 2.24) is 9.80 Å². The number of rotatable bonds is 3. The lowest BCUT2D eigenvalue weighted by molar-refractivity contribution is -0.130. The Kier molecular flexibility index (Phi) is 4.77. The number of hydrogen-bond donors (Lipinski definition) is 0. The fourth-order valence-corrected chi connectivity index (χ4v) is 2.45. The summed E-state index contributed by atoms with van der Waals surface area (Å²) in [7, 11) is 0. The minimum Gasteiger partial charge on any atom is -0.341 e. The van der Waals surface area contributed by atoms with Crippen LogP contribution in [0.3, 0.4) is 0 Å².